The maximum atomic E-state index is 12.5. The number of nitrogens with one attached hydrogen (secondary N) is 3. The van der Waals surface area contributed by atoms with Gasteiger partial charge in [0.2, 0.25) is 5.65 Å². The first kappa shape index (κ1) is 30.1. The summed E-state index contributed by atoms with van der Waals surface area (Å²) in [6, 6.07) is 19.0. The van der Waals surface area contributed by atoms with E-state index in [0.717, 1.165) is 16.9 Å². The number of anilines is 2. The average Bonchev–Trinajstić information content (AvgIpc) is 3.51. The minimum absolute atomic E-state index is 0.161. The van der Waals surface area contributed by atoms with Crippen LogP contribution in [-0.4, -0.2) is 68.7 Å². The monoisotopic (exact) mass is 628 g/mol. The van der Waals surface area contributed by atoms with Gasteiger partial charge in [0, 0.05) is 31.4 Å². The molecule has 0 spiro atoms. The van der Waals surface area contributed by atoms with E-state index in [9.17, 15) is 9.90 Å². The summed E-state index contributed by atoms with van der Waals surface area (Å²) in [6.07, 6.45) is 3.84. The Morgan fingerprint density at radius 3 is 2.58 bits per heavy atom. The van der Waals surface area contributed by atoms with Crippen molar-refractivity contribution >= 4 is 40.5 Å². The number of aliphatic hydroxyl groups is 1. The van der Waals surface area contributed by atoms with Crippen molar-refractivity contribution in [3.05, 3.63) is 89.2 Å². The van der Waals surface area contributed by atoms with E-state index in [2.05, 4.69) is 35.7 Å². The van der Waals surface area contributed by atoms with Gasteiger partial charge in [0.25, 0.3) is 0 Å². The molecule has 45 heavy (non-hydrogen) atoms. The number of hydrogen-bond acceptors (Lipinski definition) is 10. The van der Waals surface area contributed by atoms with Crippen LogP contribution in [-0.2, 0) is 17.9 Å². The van der Waals surface area contributed by atoms with Gasteiger partial charge in [-0.05, 0) is 42.2 Å². The zero-order valence-corrected chi connectivity index (χ0v) is 25.4. The van der Waals surface area contributed by atoms with Crippen molar-refractivity contribution in [2.45, 2.75) is 31.5 Å². The number of hydrogen-bond donors (Lipinski definition) is 4. The maximum Gasteiger partial charge on any atom is 0.407 e. The highest BCUT2D eigenvalue weighted by Crippen LogP contribution is 2.35. The molecule has 0 saturated carbocycles. The molecule has 2 aromatic carbocycles. The maximum absolute atomic E-state index is 12.5. The van der Waals surface area contributed by atoms with E-state index in [4.69, 9.17) is 26.1 Å². The van der Waals surface area contributed by atoms with Crippen LogP contribution in [0, 0.1) is 0 Å². The number of fused-ring (bicyclic) bond motifs is 1. The summed E-state index contributed by atoms with van der Waals surface area (Å²) >= 11 is 6.79. The molecule has 1 fully saturated rings. The smallest absolute Gasteiger partial charge is 0.407 e. The molecule has 1 aliphatic rings. The van der Waals surface area contributed by atoms with Gasteiger partial charge in [-0.1, -0.05) is 54.1 Å². The van der Waals surface area contributed by atoms with Gasteiger partial charge in [0.1, 0.15) is 29.5 Å². The Kier molecular flexibility index (Phi) is 8.94. The second-order valence-corrected chi connectivity index (χ2v) is 11.2. The fourth-order valence-electron chi connectivity index (χ4n) is 5.28. The van der Waals surface area contributed by atoms with Crippen molar-refractivity contribution < 1.29 is 19.4 Å². The standard InChI is InChI=1S/C32H33ClN8O4/c1-44-23-9-7-21(8-10-23)17-36-29-26(33)24(11-14-34-29)27-28-30(40-39-27)37-25(18-35-28)41-15-12-32(20-42,13-16-41)38-31(43)45-19-22-5-3-2-4-6-22/h2-11,14,18,42H,12-13,15-17,19-20H2,1H3,(H,34,36)(H,38,43)(H,37,39,40). The van der Waals surface area contributed by atoms with Crippen molar-refractivity contribution in [2.24, 2.45) is 0 Å². The van der Waals surface area contributed by atoms with Gasteiger partial charge in [-0.3, -0.25) is 5.10 Å². The Balaban J connectivity index is 1.10. The number of aromatic amines is 1. The molecule has 12 nitrogen and oxygen atoms in total. The first-order chi connectivity index (χ1) is 22.0. The zero-order chi connectivity index (χ0) is 31.2. The van der Waals surface area contributed by atoms with Crippen molar-refractivity contribution in [3.8, 4) is 17.0 Å². The summed E-state index contributed by atoms with van der Waals surface area (Å²) in [6.45, 7) is 1.60. The molecule has 232 valence electrons. The number of piperidine rings is 1. The topological polar surface area (TPSA) is 150 Å². The molecule has 0 aliphatic carbocycles. The van der Waals surface area contributed by atoms with Crippen LogP contribution >= 0.6 is 11.6 Å². The normalized spacial score (nSPS) is 14.2. The molecule has 13 heteroatoms. The average molecular weight is 629 g/mol. The third-order valence-electron chi connectivity index (χ3n) is 7.96. The Bertz CT molecular complexity index is 1760. The Morgan fingerprint density at radius 1 is 1.07 bits per heavy atom. The Labute approximate surface area is 264 Å². The zero-order valence-electron chi connectivity index (χ0n) is 24.7. The van der Waals surface area contributed by atoms with E-state index in [0.29, 0.717) is 71.6 Å². The number of rotatable bonds is 10. The molecule has 5 aromatic rings. The predicted molar refractivity (Wildman–Crippen MR) is 171 cm³/mol. The number of aromatic nitrogens is 5. The second kappa shape index (κ2) is 13.4. The number of carbonyl (C=O) groups excluding carboxylic acids is 1. The lowest BCUT2D eigenvalue weighted by molar-refractivity contribution is 0.0952. The van der Waals surface area contributed by atoms with Crippen LogP contribution in [0.25, 0.3) is 22.4 Å². The van der Waals surface area contributed by atoms with E-state index >= 15 is 0 Å². The molecule has 1 amide bonds. The number of halogens is 1. The van der Waals surface area contributed by atoms with Gasteiger partial charge in [0.15, 0.2) is 0 Å². The van der Waals surface area contributed by atoms with Crippen molar-refractivity contribution in [1.82, 2.24) is 30.5 Å². The fourth-order valence-corrected chi connectivity index (χ4v) is 5.55. The molecule has 6 rings (SSSR count). The van der Waals surface area contributed by atoms with E-state index in [1.165, 1.54) is 0 Å². The van der Waals surface area contributed by atoms with Crippen LogP contribution in [0.4, 0.5) is 16.4 Å². The highest BCUT2D eigenvalue weighted by atomic mass is 35.5. The van der Waals surface area contributed by atoms with Gasteiger partial charge in [-0.15, -0.1) is 0 Å². The van der Waals surface area contributed by atoms with Crippen LogP contribution in [0.1, 0.15) is 24.0 Å². The number of H-pyrrole nitrogens is 1. The quantitative estimate of drug-likeness (QED) is 0.167. The van der Waals surface area contributed by atoms with Gasteiger partial charge >= 0.3 is 6.09 Å². The number of alkyl carbamates (subject to hydrolysis) is 1. The number of nitrogens with zero attached hydrogens (tertiary/aromatic N) is 5. The van der Waals surface area contributed by atoms with Crippen molar-refractivity contribution in [1.29, 1.82) is 0 Å². The van der Waals surface area contributed by atoms with E-state index in [1.54, 1.807) is 25.6 Å². The predicted octanol–water partition coefficient (Wildman–Crippen LogP) is 4.95. The molecular formula is C32H33ClN8O4. The molecule has 0 atom stereocenters. The lowest BCUT2D eigenvalue weighted by Gasteiger charge is -2.41. The summed E-state index contributed by atoms with van der Waals surface area (Å²) in [7, 11) is 1.64. The lowest BCUT2D eigenvalue weighted by Crippen LogP contribution is -2.57. The first-order valence-electron chi connectivity index (χ1n) is 14.5. The number of benzene rings is 2. The van der Waals surface area contributed by atoms with E-state index < -0.39 is 11.6 Å². The highest BCUT2D eigenvalue weighted by molar-refractivity contribution is 6.35. The number of aliphatic hydroxyl groups excluding tert-OH is 1. The molecule has 4 N–H and O–H groups in total. The van der Waals surface area contributed by atoms with Gasteiger partial charge in [0.05, 0.1) is 36.2 Å². The van der Waals surface area contributed by atoms with Gasteiger partial charge in [-0.2, -0.15) is 5.10 Å². The first-order valence-corrected chi connectivity index (χ1v) is 14.9. The molecule has 1 aliphatic heterocycles. The number of carbonyl (C=O) groups is 1. The van der Waals surface area contributed by atoms with Crippen molar-refractivity contribution in [2.75, 3.05) is 37.0 Å². The summed E-state index contributed by atoms with van der Waals surface area (Å²) in [5.41, 5.74) is 3.53. The minimum atomic E-state index is -0.779. The third-order valence-corrected chi connectivity index (χ3v) is 8.34. The Morgan fingerprint density at radius 2 is 1.84 bits per heavy atom. The second-order valence-electron chi connectivity index (χ2n) is 10.8. The third kappa shape index (κ3) is 6.76. The molecule has 0 unspecified atom stereocenters. The van der Waals surface area contributed by atoms with Gasteiger partial charge in [-0.25, -0.2) is 19.7 Å². The Hall–Kier alpha value is -4.94. The van der Waals surface area contributed by atoms with Crippen LogP contribution in [0.15, 0.2) is 73.1 Å². The lowest BCUT2D eigenvalue weighted by atomic mass is 9.88. The van der Waals surface area contributed by atoms with E-state index in [1.807, 2.05) is 54.6 Å². The molecule has 0 bridgehead atoms. The van der Waals surface area contributed by atoms with Gasteiger partial charge < -0.3 is 30.1 Å². The van der Waals surface area contributed by atoms with Crippen LogP contribution in [0.3, 0.4) is 0 Å². The highest BCUT2D eigenvalue weighted by Gasteiger charge is 2.36. The number of pyridine rings is 1. The number of methoxy groups -OCH3 is 1. The van der Waals surface area contributed by atoms with E-state index in [-0.39, 0.29) is 13.2 Å². The summed E-state index contributed by atoms with van der Waals surface area (Å²) in [5, 5.41) is 24.3. The molecule has 1 saturated heterocycles. The largest absolute Gasteiger partial charge is 0.497 e. The summed E-state index contributed by atoms with van der Waals surface area (Å²) in [4.78, 5) is 28.4. The van der Waals surface area contributed by atoms with Crippen LogP contribution < -0.4 is 20.3 Å². The summed E-state index contributed by atoms with van der Waals surface area (Å²) in [5.74, 6) is 1.98. The molecule has 0 radical (unpaired) electrons. The SMILES string of the molecule is COc1ccc(CNc2nccc(-c3[nH]nc4nc(N5CCC(CO)(NC(=O)OCc6ccccc6)CC5)cnc34)c2Cl)cc1. The number of ether oxygens (including phenoxy) is 2. The molecular weight excluding hydrogens is 596 g/mol. The molecule has 3 aromatic heterocycles. The fraction of sp³-hybridized carbons (Fsp3) is 0.281. The molecule has 4 heterocycles. The summed E-state index contributed by atoms with van der Waals surface area (Å²) < 4.78 is 10.6. The van der Waals surface area contributed by atoms with Crippen LogP contribution in [0.5, 0.6) is 5.75 Å². The van der Waals surface area contributed by atoms with Crippen molar-refractivity contribution in [3.63, 3.8) is 0 Å². The minimum Gasteiger partial charge on any atom is -0.497 e. The number of amides is 1. The van der Waals surface area contributed by atoms with Crippen LogP contribution in [0.2, 0.25) is 5.02 Å².